The van der Waals surface area contributed by atoms with Gasteiger partial charge in [-0.05, 0) is 31.5 Å². The molecule has 1 fully saturated rings. The summed E-state index contributed by atoms with van der Waals surface area (Å²) in [6.45, 7) is 8.29. The minimum absolute atomic E-state index is 0.0878. The normalized spacial score (nSPS) is 18.7. The van der Waals surface area contributed by atoms with Crippen molar-refractivity contribution < 1.29 is 4.74 Å². The molecule has 0 amide bonds. The summed E-state index contributed by atoms with van der Waals surface area (Å²) in [5.41, 5.74) is 1.45. The van der Waals surface area contributed by atoms with E-state index >= 15 is 0 Å². The van der Waals surface area contributed by atoms with E-state index in [1.165, 1.54) is 5.56 Å². The zero-order valence-electron chi connectivity index (χ0n) is 9.87. The van der Waals surface area contributed by atoms with Crippen LogP contribution in [0.2, 0.25) is 0 Å². The summed E-state index contributed by atoms with van der Waals surface area (Å²) in [6.07, 6.45) is 0. The lowest BCUT2D eigenvalue weighted by Crippen LogP contribution is -2.47. The van der Waals surface area contributed by atoms with E-state index in [4.69, 9.17) is 4.74 Å². The molecule has 2 rings (SSSR count). The van der Waals surface area contributed by atoms with E-state index in [-0.39, 0.29) is 5.54 Å². The fourth-order valence-corrected chi connectivity index (χ4v) is 2.43. The van der Waals surface area contributed by atoms with Crippen molar-refractivity contribution in [2.75, 3.05) is 26.3 Å². The maximum atomic E-state index is 5.40. The lowest BCUT2D eigenvalue weighted by Gasteiger charge is -2.41. The number of benzene rings is 1. The number of morpholine rings is 1. The number of rotatable bonds is 2. The van der Waals surface area contributed by atoms with Crippen molar-refractivity contribution in [3.63, 3.8) is 0 Å². The molecule has 0 atom stereocenters. The first-order valence-electron chi connectivity index (χ1n) is 5.69. The first kappa shape index (κ1) is 12.1. The van der Waals surface area contributed by atoms with Crippen LogP contribution in [-0.4, -0.2) is 31.2 Å². The van der Waals surface area contributed by atoms with Crippen molar-refractivity contribution in [2.24, 2.45) is 0 Å². The maximum Gasteiger partial charge on any atom is 0.0594 e. The van der Waals surface area contributed by atoms with E-state index in [0.717, 1.165) is 30.8 Å². The van der Waals surface area contributed by atoms with E-state index in [1.807, 2.05) is 0 Å². The summed E-state index contributed by atoms with van der Waals surface area (Å²) in [6, 6.07) is 8.61. The monoisotopic (exact) mass is 283 g/mol. The van der Waals surface area contributed by atoms with Gasteiger partial charge in [-0.2, -0.15) is 0 Å². The topological polar surface area (TPSA) is 12.5 Å². The predicted octanol–water partition coefficient (Wildman–Crippen LogP) is 3.02. The third kappa shape index (κ3) is 2.47. The molecule has 0 N–H and O–H groups in total. The smallest absolute Gasteiger partial charge is 0.0594 e. The van der Waals surface area contributed by atoms with Crippen molar-refractivity contribution in [3.8, 4) is 0 Å². The summed E-state index contributed by atoms with van der Waals surface area (Å²) < 4.78 is 6.53. The molecule has 0 saturated carbocycles. The second-order valence-corrected chi connectivity index (χ2v) is 5.58. The van der Waals surface area contributed by atoms with Gasteiger partial charge >= 0.3 is 0 Å². The minimum atomic E-state index is 0.0878. The molecular formula is C13H18BrNO. The van der Waals surface area contributed by atoms with Crippen LogP contribution in [-0.2, 0) is 10.3 Å². The van der Waals surface area contributed by atoms with E-state index in [1.54, 1.807) is 0 Å². The molecule has 0 unspecified atom stereocenters. The largest absolute Gasteiger partial charge is 0.379 e. The Morgan fingerprint density at radius 2 is 1.69 bits per heavy atom. The SMILES string of the molecule is CC(C)(c1ccc(Br)cc1)N1CCOCC1. The molecule has 3 heteroatoms. The zero-order valence-corrected chi connectivity index (χ0v) is 11.5. The summed E-state index contributed by atoms with van der Waals surface area (Å²) >= 11 is 3.47. The van der Waals surface area contributed by atoms with Gasteiger partial charge in [-0.3, -0.25) is 4.90 Å². The Kier molecular flexibility index (Phi) is 3.67. The molecular weight excluding hydrogens is 266 g/mol. The highest BCUT2D eigenvalue weighted by molar-refractivity contribution is 9.10. The van der Waals surface area contributed by atoms with Gasteiger partial charge in [0.25, 0.3) is 0 Å². The molecule has 0 bridgehead atoms. The third-order valence-electron chi connectivity index (χ3n) is 3.35. The van der Waals surface area contributed by atoms with Gasteiger partial charge in [0, 0.05) is 23.1 Å². The Morgan fingerprint density at radius 3 is 2.25 bits per heavy atom. The molecule has 1 aliphatic heterocycles. The minimum Gasteiger partial charge on any atom is -0.379 e. The second kappa shape index (κ2) is 4.86. The quantitative estimate of drug-likeness (QED) is 0.827. The van der Waals surface area contributed by atoms with Crippen LogP contribution in [0.4, 0.5) is 0 Å². The molecule has 1 heterocycles. The second-order valence-electron chi connectivity index (χ2n) is 4.67. The first-order chi connectivity index (χ1) is 7.60. The number of halogens is 1. The van der Waals surface area contributed by atoms with Crippen LogP contribution >= 0.6 is 15.9 Å². The number of hydrogen-bond acceptors (Lipinski definition) is 2. The van der Waals surface area contributed by atoms with Crippen molar-refractivity contribution >= 4 is 15.9 Å². The summed E-state index contributed by atoms with van der Waals surface area (Å²) in [5, 5.41) is 0. The van der Waals surface area contributed by atoms with Crippen LogP contribution in [0.25, 0.3) is 0 Å². The van der Waals surface area contributed by atoms with Crippen LogP contribution in [0.15, 0.2) is 28.7 Å². The number of hydrogen-bond donors (Lipinski definition) is 0. The van der Waals surface area contributed by atoms with Gasteiger partial charge in [-0.15, -0.1) is 0 Å². The van der Waals surface area contributed by atoms with Crippen LogP contribution in [0.3, 0.4) is 0 Å². The average Bonchev–Trinajstić information content (AvgIpc) is 2.31. The Morgan fingerprint density at radius 1 is 1.12 bits per heavy atom. The van der Waals surface area contributed by atoms with Gasteiger partial charge in [0.15, 0.2) is 0 Å². The molecule has 0 radical (unpaired) electrons. The number of nitrogens with zero attached hydrogens (tertiary/aromatic N) is 1. The standard InChI is InChI=1S/C13H18BrNO/c1-13(2,15-7-9-16-10-8-15)11-3-5-12(14)6-4-11/h3-6H,7-10H2,1-2H3. The van der Waals surface area contributed by atoms with E-state index in [0.29, 0.717) is 0 Å². The van der Waals surface area contributed by atoms with Crippen molar-refractivity contribution in [2.45, 2.75) is 19.4 Å². The van der Waals surface area contributed by atoms with Crippen LogP contribution < -0.4 is 0 Å². The molecule has 88 valence electrons. The fraction of sp³-hybridized carbons (Fsp3) is 0.538. The van der Waals surface area contributed by atoms with Gasteiger partial charge in [0.1, 0.15) is 0 Å². The Balaban J connectivity index is 2.19. The summed E-state index contributed by atoms with van der Waals surface area (Å²) in [7, 11) is 0. The van der Waals surface area contributed by atoms with Crippen molar-refractivity contribution in [1.29, 1.82) is 0 Å². The lowest BCUT2D eigenvalue weighted by atomic mass is 9.92. The zero-order chi connectivity index (χ0) is 11.6. The van der Waals surface area contributed by atoms with E-state index < -0.39 is 0 Å². The lowest BCUT2D eigenvalue weighted by molar-refractivity contribution is -0.0118. The fourth-order valence-electron chi connectivity index (χ4n) is 2.16. The van der Waals surface area contributed by atoms with Gasteiger partial charge < -0.3 is 4.74 Å². The summed E-state index contributed by atoms with van der Waals surface area (Å²) in [5.74, 6) is 0. The average molecular weight is 284 g/mol. The van der Waals surface area contributed by atoms with Crippen molar-refractivity contribution in [1.82, 2.24) is 4.90 Å². The molecule has 0 spiro atoms. The van der Waals surface area contributed by atoms with Crippen LogP contribution in [0.1, 0.15) is 19.4 Å². The van der Waals surface area contributed by atoms with Crippen molar-refractivity contribution in [3.05, 3.63) is 34.3 Å². The van der Waals surface area contributed by atoms with Gasteiger partial charge in [0.2, 0.25) is 0 Å². The molecule has 1 aromatic rings. The highest BCUT2D eigenvalue weighted by Gasteiger charge is 2.29. The Labute approximate surface area is 106 Å². The molecule has 1 saturated heterocycles. The highest BCUT2D eigenvalue weighted by Crippen LogP contribution is 2.29. The molecule has 1 aliphatic rings. The third-order valence-corrected chi connectivity index (χ3v) is 3.88. The van der Waals surface area contributed by atoms with Crippen LogP contribution in [0, 0.1) is 0 Å². The van der Waals surface area contributed by atoms with Gasteiger partial charge in [0.05, 0.1) is 13.2 Å². The molecule has 1 aromatic carbocycles. The predicted molar refractivity (Wildman–Crippen MR) is 69.6 cm³/mol. The van der Waals surface area contributed by atoms with Gasteiger partial charge in [-0.1, -0.05) is 28.1 Å². The molecule has 16 heavy (non-hydrogen) atoms. The number of ether oxygens (including phenoxy) is 1. The van der Waals surface area contributed by atoms with E-state index in [9.17, 15) is 0 Å². The Bertz CT molecular complexity index is 341. The molecule has 0 aliphatic carbocycles. The van der Waals surface area contributed by atoms with E-state index in [2.05, 4.69) is 58.9 Å². The molecule has 2 nitrogen and oxygen atoms in total. The first-order valence-corrected chi connectivity index (χ1v) is 6.49. The Hall–Kier alpha value is -0.380. The summed E-state index contributed by atoms with van der Waals surface area (Å²) in [4.78, 5) is 2.49. The van der Waals surface area contributed by atoms with Gasteiger partial charge in [-0.25, -0.2) is 0 Å². The highest BCUT2D eigenvalue weighted by atomic mass is 79.9. The van der Waals surface area contributed by atoms with Crippen LogP contribution in [0.5, 0.6) is 0 Å². The maximum absolute atomic E-state index is 5.40. The molecule has 0 aromatic heterocycles.